The predicted molar refractivity (Wildman–Crippen MR) is 71.9 cm³/mol. The van der Waals surface area contributed by atoms with Gasteiger partial charge in [0.15, 0.2) is 0 Å². The van der Waals surface area contributed by atoms with Gasteiger partial charge in [0.1, 0.15) is 17.3 Å². The van der Waals surface area contributed by atoms with Crippen LogP contribution in [0.3, 0.4) is 0 Å². The molecule has 0 saturated carbocycles. The fraction of sp³-hybridized carbons (Fsp3) is 0.214. The summed E-state index contributed by atoms with van der Waals surface area (Å²) >= 11 is 0. The lowest BCUT2D eigenvalue weighted by molar-refractivity contribution is 0.404. The molecule has 0 atom stereocenters. The van der Waals surface area contributed by atoms with Crippen molar-refractivity contribution >= 4 is 5.82 Å². The van der Waals surface area contributed by atoms with Gasteiger partial charge in [-0.2, -0.15) is 0 Å². The molecule has 18 heavy (non-hydrogen) atoms. The summed E-state index contributed by atoms with van der Waals surface area (Å²) in [5, 5.41) is 0. The van der Waals surface area contributed by atoms with Gasteiger partial charge in [0.25, 0.3) is 0 Å². The number of nitrogens with zero attached hydrogens (tertiary/aromatic N) is 1. The number of anilines is 1. The lowest BCUT2D eigenvalue weighted by atomic mass is 10.0. The van der Waals surface area contributed by atoms with Gasteiger partial charge in [-0.25, -0.2) is 4.98 Å². The molecular weight excluding hydrogens is 228 g/mol. The first-order valence-electron chi connectivity index (χ1n) is 5.61. The molecule has 0 aliphatic rings. The van der Waals surface area contributed by atoms with Gasteiger partial charge in [-0.05, 0) is 36.8 Å². The van der Waals surface area contributed by atoms with Gasteiger partial charge in [0.05, 0.1) is 14.2 Å². The summed E-state index contributed by atoms with van der Waals surface area (Å²) in [6.07, 6.45) is 1.70. The Morgan fingerprint density at radius 2 is 1.89 bits per heavy atom. The molecule has 0 aliphatic heterocycles. The highest BCUT2D eigenvalue weighted by Crippen LogP contribution is 2.37. The second kappa shape index (κ2) is 4.96. The van der Waals surface area contributed by atoms with Gasteiger partial charge >= 0.3 is 0 Å². The zero-order chi connectivity index (χ0) is 13.1. The quantitative estimate of drug-likeness (QED) is 0.901. The zero-order valence-corrected chi connectivity index (χ0v) is 10.7. The fourth-order valence-electron chi connectivity index (χ4n) is 1.94. The van der Waals surface area contributed by atoms with E-state index in [-0.39, 0.29) is 0 Å². The van der Waals surface area contributed by atoms with Crippen LogP contribution in [0.5, 0.6) is 11.5 Å². The number of benzene rings is 1. The molecule has 0 aliphatic carbocycles. The third-order valence-electron chi connectivity index (χ3n) is 2.86. The molecule has 4 nitrogen and oxygen atoms in total. The standard InChI is InChI=1S/C14H16N2O2/c1-9-6-7-16-14(15)13(9)11-8-10(17-2)4-5-12(11)18-3/h4-8H,1-3H3,(H2,15,16). The van der Waals surface area contributed by atoms with Crippen LogP contribution in [-0.2, 0) is 0 Å². The number of aromatic nitrogens is 1. The Bertz CT molecular complexity index is 547. The van der Waals surface area contributed by atoms with Crippen LogP contribution < -0.4 is 15.2 Å². The summed E-state index contributed by atoms with van der Waals surface area (Å²) in [6, 6.07) is 7.54. The molecule has 2 N–H and O–H groups in total. The Kier molecular flexibility index (Phi) is 3.37. The van der Waals surface area contributed by atoms with E-state index in [1.807, 2.05) is 31.2 Å². The van der Waals surface area contributed by atoms with Crippen LogP contribution in [0.15, 0.2) is 30.5 Å². The van der Waals surface area contributed by atoms with E-state index < -0.39 is 0 Å². The number of hydrogen-bond acceptors (Lipinski definition) is 4. The van der Waals surface area contributed by atoms with E-state index in [9.17, 15) is 0 Å². The van der Waals surface area contributed by atoms with Crippen molar-refractivity contribution < 1.29 is 9.47 Å². The molecule has 2 aromatic rings. The molecule has 1 aromatic heterocycles. The van der Waals surface area contributed by atoms with Crippen LogP contribution in [0.4, 0.5) is 5.82 Å². The van der Waals surface area contributed by atoms with Gasteiger partial charge in [-0.3, -0.25) is 0 Å². The Balaban J connectivity index is 2.68. The fourth-order valence-corrected chi connectivity index (χ4v) is 1.94. The summed E-state index contributed by atoms with van der Waals surface area (Å²) < 4.78 is 10.6. The molecule has 0 saturated heterocycles. The Morgan fingerprint density at radius 1 is 1.11 bits per heavy atom. The highest BCUT2D eigenvalue weighted by molar-refractivity contribution is 5.81. The highest BCUT2D eigenvalue weighted by Gasteiger charge is 2.13. The topological polar surface area (TPSA) is 57.4 Å². The number of methoxy groups -OCH3 is 2. The lowest BCUT2D eigenvalue weighted by Gasteiger charge is -2.13. The minimum Gasteiger partial charge on any atom is -0.497 e. The maximum atomic E-state index is 5.96. The van der Waals surface area contributed by atoms with Crippen molar-refractivity contribution in [2.45, 2.75) is 6.92 Å². The number of ether oxygens (including phenoxy) is 2. The second-order valence-electron chi connectivity index (χ2n) is 3.95. The maximum absolute atomic E-state index is 5.96. The maximum Gasteiger partial charge on any atom is 0.131 e. The average Bonchev–Trinajstić information content (AvgIpc) is 2.38. The molecule has 0 radical (unpaired) electrons. The van der Waals surface area contributed by atoms with Crippen molar-refractivity contribution in [2.24, 2.45) is 0 Å². The van der Waals surface area contributed by atoms with E-state index in [0.29, 0.717) is 5.82 Å². The third kappa shape index (κ3) is 2.09. The van der Waals surface area contributed by atoms with E-state index in [1.54, 1.807) is 20.4 Å². The first kappa shape index (κ1) is 12.2. The van der Waals surface area contributed by atoms with Crippen LogP contribution in [0, 0.1) is 6.92 Å². The van der Waals surface area contributed by atoms with E-state index in [0.717, 1.165) is 28.2 Å². The highest BCUT2D eigenvalue weighted by atomic mass is 16.5. The molecule has 2 rings (SSSR count). The predicted octanol–water partition coefficient (Wildman–Crippen LogP) is 2.66. The van der Waals surface area contributed by atoms with Crippen molar-refractivity contribution in [1.29, 1.82) is 0 Å². The minimum absolute atomic E-state index is 0.488. The first-order chi connectivity index (χ1) is 8.67. The average molecular weight is 244 g/mol. The van der Waals surface area contributed by atoms with Crippen molar-refractivity contribution in [1.82, 2.24) is 4.98 Å². The Morgan fingerprint density at radius 3 is 2.50 bits per heavy atom. The van der Waals surface area contributed by atoms with Crippen LogP contribution in [-0.4, -0.2) is 19.2 Å². The van der Waals surface area contributed by atoms with Crippen molar-refractivity contribution in [3.05, 3.63) is 36.0 Å². The van der Waals surface area contributed by atoms with Crippen LogP contribution >= 0.6 is 0 Å². The molecule has 0 unspecified atom stereocenters. The first-order valence-corrected chi connectivity index (χ1v) is 5.61. The molecule has 0 bridgehead atoms. The molecule has 4 heteroatoms. The Labute approximate surface area is 106 Å². The Hall–Kier alpha value is -2.23. The van der Waals surface area contributed by atoms with E-state index in [4.69, 9.17) is 15.2 Å². The van der Waals surface area contributed by atoms with Crippen molar-refractivity contribution in [3.8, 4) is 22.6 Å². The van der Waals surface area contributed by atoms with E-state index in [1.165, 1.54) is 0 Å². The SMILES string of the molecule is COc1ccc(OC)c(-c2c(C)ccnc2N)c1. The third-order valence-corrected chi connectivity index (χ3v) is 2.86. The van der Waals surface area contributed by atoms with Gasteiger partial charge in [0, 0.05) is 17.3 Å². The number of hydrogen-bond donors (Lipinski definition) is 1. The number of nitrogen functional groups attached to an aromatic ring is 1. The van der Waals surface area contributed by atoms with E-state index in [2.05, 4.69) is 4.98 Å². The minimum atomic E-state index is 0.488. The molecule has 1 aromatic carbocycles. The lowest BCUT2D eigenvalue weighted by Crippen LogP contribution is -1.98. The monoisotopic (exact) mass is 244 g/mol. The van der Waals surface area contributed by atoms with Crippen molar-refractivity contribution in [3.63, 3.8) is 0 Å². The molecule has 94 valence electrons. The number of nitrogens with two attached hydrogens (primary N) is 1. The summed E-state index contributed by atoms with van der Waals surface area (Å²) in [6.45, 7) is 1.99. The van der Waals surface area contributed by atoms with Crippen LogP contribution in [0.2, 0.25) is 0 Å². The summed E-state index contributed by atoms with van der Waals surface area (Å²) in [4.78, 5) is 4.13. The number of aryl methyl sites for hydroxylation is 1. The molecule has 0 amide bonds. The van der Waals surface area contributed by atoms with Gasteiger partial charge in [-0.1, -0.05) is 0 Å². The van der Waals surface area contributed by atoms with Crippen molar-refractivity contribution in [2.75, 3.05) is 20.0 Å². The van der Waals surface area contributed by atoms with Gasteiger partial charge in [-0.15, -0.1) is 0 Å². The smallest absolute Gasteiger partial charge is 0.131 e. The van der Waals surface area contributed by atoms with Crippen LogP contribution in [0.25, 0.3) is 11.1 Å². The summed E-state index contributed by atoms with van der Waals surface area (Å²) in [5.41, 5.74) is 8.78. The second-order valence-corrected chi connectivity index (χ2v) is 3.95. The largest absolute Gasteiger partial charge is 0.497 e. The number of pyridine rings is 1. The van der Waals surface area contributed by atoms with Crippen LogP contribution in [0.1, 0.15) is 5.56 Å². The summed E-state index contributed by atoms with van der Waals surface area (Å²) in [5.74, 6) is 1.99. The molecule has 0 fully saturated rings. The summed E-state index contributed by atoms with van der Waals surface area (Å²) in [7, 11) is 3.26. The molecule has 0 spiro atoms. The normalized spacial score (nSPS) is 10.2. The zero-order valence-electron chi connectivity index (χ0n) is 10.7. The van der Waals surface area contributed by atoms with Gasteiger partial charge < -0.3 is 15.2 Å². The van der Waals surface area contributed by atoms with Gasteiger partial charge in [0.2, 0.25) is 0 Å². The molecule has 1 heterocycles. The van der Waals surface area contributed by atoms with E-state index >= 15 is 0 Å². The molecular formula is C14H16N2O2. The number of rotatable bonds is 3.